The van der Waals surface area contributed by atoms with E-state index in [0.717, 1.165) is 25.3 Å². The summed E-state index contributed by atoms with van der Waals surface area (Å²) in [6.45, 7) is 5.86. The molecule has 0 spiro atoms. The Morgan fingerprint density at radius 2 is 2.21 bits per heavy atom. The number of nitrogens with zero attached hydrogens (tertiary/aromatic N) is 1. The van der Waals surface area contributed by atoms with E-state index >= 15 is 0 Å². The highest BCUT2D eigenvalue weighted by Gasteiger charge is 2.08. The molecule has 1 aromatic heterocycles. The van der Waals surface area contributed by atoms with Gasteiger partial charge in [-0.25, -0.2) is 0 Å². The normalized spacial score (nSPS) is 18.6. The number of nitrogens with one attached hydrogen (secondary N) is 1. The van der Waals surface area contributed by atoms with Crippen molar-refractivity contribution in [3.05, 3.63) is 24.2 Å². The monoisotopic (exact) mass is 194 g/mol. The molecule has 3 nitrogen and oxygen atoms in total. The van der Waals surface area contributed by atoms with Gasteiger partial charge in [-0.1, -0.05) is 0 Å². The summed E-state index contributed by atoms with van der Waals surface area (Å²) in [4.78, 5) is 2.51. The maximum atomic E-state index is 5.29. The summed E-state index contributed by atoms with van der Waals surface area (Å²) in [7, 11) is 0. The fourth-order valence-electron chi connectivity index (χ4n) is 1.87. The van der Waals surface area contributed by atoms with Gasteiger partial charge in [-0.2, -0.15) is 0 Å². The third kappa shape index (κ3) is 2.86. The van der Waals surface area contributed by atoms with E-state index in [0.29, 0.717) is 0 Å². The molecule has 0 radical (unpaired) electrons. The van der Waals surface area contributed by atoms with E-state index in [-0.39, 0.29) is 0 Å². The van der Waals surface area contributed by atoms with Gasteiger partial charge in [0.15, 0.2) is 0 Å². The Morgan fingerprint density at radius 3 is 2.93 bits per heavy atom. The van der Waals surface area contributed by atoms with Crippen LogP contribution < -0.4 is 5.32 Å². The Labute approximate surface area is 85.1 Å². The lowest BCUT2D eigenvalue weighted by atomic mass is 10.2. The highest BCUT2D eigenvalue weighted by Crippen LogP contribution is 2.04. The first-order chi connectivity index (χ1) is 6.95. The van der Waals surface area contributed by atoms with Gasteiger partial charge in [-0.3, -0.25) is 0 Å². The largest absolute Gasteiger partial charge is 0.469 e. The van der Waals surface area contributed by atoms with E-state index in [1.807, 2.05) is 6.07 Å². The van der Waals surface area contributed by atoms with Crippen molar-refractivity contribution >= 4 is 0 Å². The molecule has 2 heterocycles. The zero-order valence-electron chi connectivity index (χ0n) is 8.54. The minimum absolute atomic E-state index is 1.07. The fourth-order valence-corrected chi connectivity index (χ4v) is 1.87. The van der Waals surface area contributed by atoms with Crippen molar-refractivity contribution in [3.8, 4) is 0 Å². The van der Waals surface area contributed by atoms with E-state index in [1.165, 1.54) is 26.1 Å². The van der Waals surface area contributed by atoms with Crippen LogP contribution in [0.25, 0.3) is 0 Å². The maximum Gasteiger partial charge on any atom is 0.103 e. The lowest BCUT2D eigenvalue weighted by Crippen LogP contribution is -2.43. The van der Waals surface area contributed by atoms with Crippen molar-refractivity contribution in [3.63, 3.8) is 0 Å². The second kappa shape index (κ2) is 5.17. The van der Waals surface area contributed by atoms with Crippen molar-refractivity contribution in [1.82, 2.24) is 10.2 Å². The zero-order valence-corrected chi connectivity index (χ0v) is 8.54. The molecule has 0 aliphatic carbocycles. The van der Waals surface area contributed by atoms with Crippen molar-refractivity contribution in [2.75, 3.05) is 32.7 Å². The molecule has 78 valence electrons. The van der Waals surface area contributed by atoms with Crippen LogP contribution in [0.3, 0.4) is 0 Å². The average molecular weight is 194 g/mol. The average Bonchev–Trinajstić information content (AvgIpc) is 2.72. The number of rotatable bonds is 4. The van der Waals surface area contributed by atoms with Gasteiger partial charge in [-0.05, 0) is 25.1 Å². The quantitative estimate of drug-likeness (QED) is 0.778. The van der Waals surface area contributed by atoms with Crippen LogP contribution in [-0.2, 0) is 6.42 Å². The number of piperazine rings is 1. The van der Waals surface area contributed by atoms with Crippen LogP contribution in [-0.4, -0.2) is 37.6 Å². The first-order valence-electron chi connectivity index (χ1n) is 5.40. The van der Waals surface area contributed by atoms with Gasteiger partial charge in [0.1, 0.15) is 5.76 Å². The van der Waals surface area contributed by atoms with Gasteiger partial charge in [0, 0.05) is 32.6 Å². The smallest absolute Gasteiger partial charge is 0.103 e. The van der Waals surface area contributed by atoms with Gasteiger partial charge in [0.25, 0.3) is 0 Å². The van der Waals surface area contributed by atoms with Gasteiger partial charge in [-0.15, -0.1) is 0 Å². The number of hydrogen-bond donors (Lipinski definition) is 1. The molecule has 1 fully saturated rings. The summed E-state index contributed by atoms with van der Waals surface area (Å²) < 4.78 is 5.29. The van der Waals surface area contributed by atoms with E-state index < -0.39 is 0 Å². The molecular weight excluding hydrogens is 176 g/mol. The predicted molar refractivity (Wildman–Crippen MR) is 56.3 cm³/mol. The van der Waals surface area contributed by atoms with Gasteiger partial charge < -0.3 is 14.6 Å². The molecule has 1 aliphatic heterocycles. The molecule has 0 unspecified atom stereocenters. The first-order valence-corrected chi connectivity index (χ1v) is 5.40. The zero-order chi connectivity index (χ0) is 9.64. The Kier molecular flexibility index (Phi) is 3.60. The Morgan fingerprint density at radius 1 is 1.36 bits per heavy atom. The van der Waals surface area contributed by atoms with Gasteiger partial charge in [0.2, 0.25) is 0 Å². The summed E-state index contributed by atoms with van der Waals surface area (Å²) in [5.74, 6) is 1.11. The van der Waals surface area contributed by atoms with Crippen LogP contribution in [0.1, 0.15) is 12.2 Å². The maximum absolute atomic E-state index is 5.29. The summed E-state index contributed by atoms with van der Waals surface area (Å²) >= 11 is 0. The van der Waals surface area contributed by atoms with Gasteiger partial charge in [0.05, 0.1) is 6.26 Å². The molecule has 0 atom stereocenters. The second-order valence-electron chi connectivity index (χ2n) is 3.77. The van der Waals surface area contributed by atoms with Crippen LogP contribution in [0.5, 0.6) is 0 Å². The molecule has 1 saturated heterocycles. The topological polar surface area (TPSA) is 28.4 Å². The molecule has 0 amide bonds. The predicted octanol–water partition coefficient (Wildman–Crippen LogP) is 1.12. The number of aryl methyl sites for hydroxylation is 1. The Bertz CT molecular complexity index is 240. The molecular formula is C11H18N2O. The third-order valence-electron chi connectivity index (χ3n) is 2.69. The van der Waals surface area contributed by atoms with E-state index in [4.69, 9.17) is 4.42 Å². The van der Waals surface area contributed by atoms with E-state index in [9.17, 15) is 0 Å². The second-order valence-corrected chi connectivity index (χ2v) is 3.77. The van der Waals surface area contributed by atoms with Crippen molar-refractivity contribution in [1.29, 1.82) is 0 Å². The lowest BCUT2D eigenvalue weighted by molar-refractivity contribution is 0.237. The Balaban J connectivity index is 1.62. The molecule has 0 aromatic carbocycles. The van der Waals surface area contributed by atoms with Crippen molar-refractivity contribution < 1.29 is 4.42 Å². The van der Waals surface area contributed by atoms with E-state index in [1.54, 1.807) is 6.26 Å². The summed E-state index contributed by atoms with van der Waals surface area (Å²) in [5, 5.41) is 3.36. The molecule has 1 N–H and O–H groups in total. The minimum Gasteiger partial charge on any atom is -0.469 e. The Hall–Kier alpha value is -0.800. The molecule has 1 aliphatic rings. The highest BCUT2D eigenvalue weighted by atomic mass is 16.3. The molecule has 0 saturated carbocycles. The molecule has 0 bridgehead atoms. The highest BCUT2D eigenvalue weighted by molar-refractivity contribution is 4.97. The molecule has 1 aromatic rings. The molecule has 14 heavy (non-hydrogen) atoms. The van der Waals surface area contributed by atoms with E-state index in [2.05, 4.69) is 16.3 Å². The van der Waals surface area contributed by atoms with Crippen LogP contribution in [0.2, 0.25) is 0 Å². The van der Waals surface area contributed by atoms with Crippen molar-refractivity contribution in [2.24, 2.45) is 0 Å². The van der Waals surface area contributed by atoms with Crippen LogP contribution in [0, 0.1) is 0 Å². The van der Waals surface area contributed by atoms with Gasteiger partial charge >= 0.3 is 0 Å². The summed E-state index contributed by atoms with van der Waals surface area (Å²) in [5.41, 5.74) is 0. The first kappa shape index (κ1) is 9.74. The SMILES string of the molecule is c1coc(CCCN2CCNCC2)c1. The number of furan rings is 1. The lowest BCUT2D eigenvalue weighted by Gasteiger charge is -2.26. The summed E-state index contributed by atoms with van der Waals surface area (Å²) in [6, 6.07) is 4.01. The van der Waals surface area contributed by atoms with Crippen molar-refractivity contribution in [2.45, 2.75) is 12.8 Å². The number of hydrogen-bond acceptors (Lipinski definition) is 3. The minimum atomic E-state index is 1.07. The fraction of sp³-hybridized carbons (Fsp3) is 0.636. The summed E-state index contributed by atoms with van der Waals surface area (Å²) in [6.07, 6.45) is 4.02. The third-order valence-corrected chi connectivity index (χ3v) is 2.69. The molecule has 2 rings (SSSR count). The van der Waals surface area contributed by atoms with Crippen LogP contribution in [0.4, 0.5) is 0 Å². The van der Waals surface area contributed by atoms with Crippen LogP contribution >= 0.6 is 0 Å². The molecule has 3 heteroatoms. The standard InChI is InChI=1S/C11H18N2O/c1(3-11-4-2-10-14-11)7-13-8-5-12-6-9-13/h2,4,10,12H,1,3,5-9H2. The van der Waals surface area contributed by atoms with Crippen LogP contribution in [0.15, 0.2) is 22.8 Å².